The standard InChI is InChI=1S/C25H29NO6S/c1-6-11-26(33(29,30)24-10-7-19(5)32-24)22-13-16(2)17(3)14-23(22)31-15-21-9-8-20(25(27)28)12-18(21)4/h6-10,13-14,18H,1,11-12,15H2,2-5H3,(H,27,28). The van der Waals surface area contributed by atoms with Crippen LogP contribution in [-0.2, 0) is 14.8 Å². The van der Waals surface area contributed by atoms with Crippen LogP contribution in [0.5, 0.6) is 5.75 Å². The number of aryl methyl sites for hydroxylation is 3. The largest absolute Gasteiger partial charge is 0.487 e. The number of aliphatic carboxylic acids is 1. The highest BCUT2D eigenvalue weighted by Crippen LogP contribution is 2.36. The highest BCUT2D eigenvalue weighted by molar-refractivity contribution is 7.92. The average Bonchev–Trinajstić information content (AvgIpc) is 3.20. The molecule has 1 aliphatic rings. The molecule has 8 heteroatoms. The van der Waals surface area contributed by atoms with E-state index in [9.17, 15) is 18.3 Å². The smallest absolute Gasteiger partial charge is 0.331 e. The molecule has 1 heterocycles. The molecule has 0 fully saturated rings. The fraction of sp³-hybridized carbons (Fsp3) is 0.320. The number of furan rings is 1. The molecule has 1 aliphatic carbocycles. The van der Waals surface area contributed by atoms with Gasteiger partial charge in [-0.25, -0.2) is 4.79 Å². The third kappa shape index (κ3) is 5.22. The number of benzene rings is 1. The third-order valence-corrected chi connectivity index (χ3v) is 7.38. The van der Waals surface area contributed by atoms with E-state index >= 15 is 0 Å². The van der Waals surface area contributed by atoms with Gasteiger partial charge in [-0.05, 0) is 74.1 Å². The number of hydrogen-bond acceptors (Lipinski definition) is 5. The molecule has 0 amide bonds. The Kier molecular flexibility index (Phi) is 7.17. The number of hydrogen-bond donors (Lipinski definition) is 1. The van der Waals surface area contributed by atoms with Gasteiger partial charge < -0.3 is 14.3 Å². The Bertz CT molecular complexity index is 1240. The van der Waals surface area contributed by atoms with Crippen LogP contribution in [0.4, 0.5) is 5.69 Å². The van der Waals surface area contributed by atoms with E-state index in [0.29, 0.717) is 29.2 Å². The second-order valence-corrected chi connectivity index (χ2v) is 10.0. The van der Waals surface area contributed by atoms with E-state index in [0.717, 1.165) is 16.7 Å². The number of nitrogens with zero attached hydrogens (tertiary/aromatic N) is 1. The molecular formula is C25H29NO6S. The number of allylic oxidation sites excluding steroid dienone is 2. The molecule has 0 bridgehead atoms. The Morgan fingerprint density at radius 1 is 1.24 bits per heavy atom. The second kappa shape index (κ2) is 9.70. The lowest BCUT2D eigenvalue weighted by Gasteiger charge is -2.26. The molecule has 3 rings (SSSR count). The molecule has 33 heavy (non-hydrogen) atoms. The van der Waals surface area contributed by atoms with Gasteiger partial charge in [-0.15, -0.1) is 6.58 Å². The van der Waals surface area contributed by atoms with Crippen molar-refractivity contribution in [1.82, 2.24) is 0 Å². The van der Waals surface area contributed by atoms with Crippen molar-refractivity contribution in [2.45, 2.75) is 39.2 Å². The normalized spacial score (nSPS) is 16.1. The van der Waals surface area contributed by atoms with E-state index in [1.54, 1.807) is 31.2 Å². The lowest BCUT2D eigenvalue weighted by molar-refractivity contribution is -0.132. The summed E-state index contributed by atoms with van der Waals surface area (Å²) in [6, 6.07) is 6.63. The van der Waals surface area contributed by atoms with Crippen molar-refractivity contribution in [3.63, 3.8) is 0 Å². The Morgan fingerprint density at radius 2 is 1.94 bits per heavy atom. The Hall–Kier alpha value is -3.26. The summed E-state index contributed by atoms with van der Waals surface area (Å²) >= 11 is 0. The van der Waals surface area contributed by atoms with E-state index in [2.05, 4.69) is 6.58 Å². The Morgan fingerprint density at radius 3 is 2.52 bits per heavy atom. The first-order valence-corrected chi connectivity index (χ1v) is 12.1. The van der Waals surface area contributed by atoms with Crippen LogP contribution in [0.1, 0.15) is 30.2 Å². The summed E-state index contributed by atoms with van der Waals surface area (Å²) < 4.78 is 39.6. The van der Waals surface area contributed by atoms with E-state index < -0.39 is 16.0 Å². The van der Waals surface area contributed by atoms with Crippen molar-refractivity contribution < 1.29 is 27.5 Å². The molecule has 7 nitrogen and oxygen atoms in total. The van der Waals surface area contributed by atoms with Gasteiger partial charge in [0.2, 0.25) is 5.09 Å². The van der Waals surface area contributed by atoms with Crippen LogP contribution < -0.4 is 9.04 Å². The SMILES string of the molecule is C=CCN(c1cc(C)c(C)cc1OCC1=CC=C(C(=O)O)CC1C)S(=O)(=O)c1ccc(C)o1. The van der Waals surface area contributed by atoms with E-state index in [4.69, 9.17) is 9.15 Å². The maximum absolute atomic E-state index is 13.4. The van der Waals surface area contributed by atoms with E-state index in [-0.39, 0.29) is 24.2 Å². The first kappa shape index (κ1) is 24.4. The van der Waals surface area contributed by atoms with Gasteiger partial charge in [0, 0.05) is 5.57 Å². The Labute approximate surface area is 194 Å². The van der Waals surface area contributed by atoms with Crippen molar-refractivity contribution in [3.05, 3.63) is 77.1 Å². The van der Waals surface area contributed by atoms with Crippen molar-refractivity contribution >= 4 is 21.7 Å². The molecule has 1 atom stereocenters. The van der Waals surface area contributed by atoms with Gasteiger partial charge in [0.25, 0.3) is 10.0 Å². The monoisotopic (exact) mass is 471 g/mol. The van der Waals surface area contributed by atoms with Gasteiger partial charge in [0.15, 0.2) is 0 Å². The summed E-state index contributed by atoms with van der Waals surface area (Å²) in [6.07, 6.45) is 5.29. The molecule has 1 aromatic carbocycles. The first-order valence-electron chi connectivity index (χ1n) is 10.6. The lowest BCUT2D eigenvalue weighted by atomic mass is 9.89. The van der Waals surface area contributed by atoms with Gasteiger partial charge in [-0.3, -0.25) is 4.31 Å². The topological polar surface area (TPSA) is 97.0 Å². The summed E-state index contributed by atoms with van der Waals surface area (Å²) in [4.78, 5) is 11.2. The zero-order valence-electron chi connectivity index (χ0n) is 19.3. The summed E-state index contributed by atoms with van der Waals surface area (Å²) in [5, 5.41) is 9.07. The fourth-order valence-corrected chi connectivity index (χ4v) is 5.00. The summed E-state index contributed by atoms with van der Waals surface area (Å²) in [6.45, 7) is 11.4. The molecule has 1 aromatic heterocycles. The van der Waals surface area contributed by atoms with Gasteiger partial charge in [-0.1, -0.05) is 25.2 Å². The van der Waals surface area contributed by atoms with E-state index in [1.807, 2.05) is 26.8 Å². The molecule has 0 spiro atoms. The van der Waals surface area contributed by atoms with Gasteiger partial charge in [0.1, 0.15) is 18.1 Å². The van der Waals surface area contributed by atoms with Crippen LogP contribution in [0, 0.1) is 26.7 Å². The minimum absolute atomic E-state index is 0.00444. The number of carbonyl (C=O) groups is 1. The summed E-state index contributed by atoms with van der Waals surface area (Å²) in [5.74, 6) is -0.0215. The van der Waals surface area contributed by atoms with Crippen molar-refractivity contribution in [3.8, 4) is 5.75 Å². The van der Waals surface area contributed by atoms with Crippen molar-refractivity contribution in [1.29, 1.82) is 0 Å². The van der Waals surface area contributed by atoms with Crippen LogP contribution in [0.2, 0.25) is 0 Å². The third-order valence-electron chi connectivity index (χ3n) is 5.73. The van der Waals surface area contributed by atoms with Crippen molar-refractivity contribution in [2.75, 3.05) is 17.5 Å². The van der Waals surface area contributed by atoms with Crippen LogP contribution in [0.15, 0.2) is 69.7 Å². The van der Waals surface area contributed by atoms with Crippen LogP contribution >= 0.6 is 0 Å². The second-order valence-electron chi connectivity index (χ2n) is 8.23. The highest BCUT2D eigenvalue weighted by Gasteiger charge is 2.30. The number of carboxylic acids is 1. The van der Waals surface area contributed by atoms with Crippen LogP contribution in [0.3, 0.4) is 0 Å². The number of anilines is 1. The molecule has 2 aromatic rings. The zero-order chi connectivity index (χ0) is 24.3. The van der Waals surface area contributed by atoms with Gasteiger partial charge in [-0.2, -0.15) is 8.42 Å². The number of sulfonamides is 1. The molecule has 176 valence electrons. The fourth-order valence-electron chi connectivity index (χ4n) is 3.60. The molecule has 0 saturated heterocycles. The first-order chi connectivity index (χ1) is 15.5. The minimum Gasteiger partial charge on any atom is -0.487 e. The quantitative estimate of drug-likeness (QED) is 0.520. The number of ether oxygens (including phenoxy) is 1. The molecule has 0 radical (unpaired) electrons. The maximum atomic E-state index is 13.4. The highest BCUT2D eigenvalue weighted by atomic mass is 32.2. The molecule has 0 aliphatic heterocycles. The molecular weight excluding hydrogens is 442 g/mol. The summed E-state index contributed by atoms with van der Waals surface area (Å²) in [7, 11) is -3.99. The number of rotatable bonds is 9. The maximum Gasteiger partial charge on any atom is 0.331 e. The van der Waals surface area contributed by atoms with E-state index in [1.165, 1.54) is 16.4 Å². The minimum atomic E-state index is -3.99. The predicted molar refractivity (Wildman–Crippen MR) is 127 cm³/mol. The van der Waals surface area contributed by atoms with Crippen molar-refractivity contribution in [2.24, 2.45) is 5.92 Å². The average molecular weight is 472 g/mol. The predicted octanol–water partition coefficient (Wildman–Crippen LogP) is 4.94. The van der Waals surface area contributed by atoms with Gasteiger partial charge in [0.05, 0.1) is 12.2 Å². The number of carboxylic acid groups (broad SMARTS) is 1. The summed E-state index contributed by atoms with van der Waals surface area (Å²) in [5.41, 5.74) is 3.55. The Balaban J connectivity index is 1.99. The molecule has 1 unspecified atom stereocenters. The van der Waals surface area contributed by atoms with Crippen LogP contribution in [-0.4, -0.2) is 32.6 Å². The van der Waals surface area contributed by atoms with Gasteiger partial charge >= 0.3 is 5.97 Å². The molecule has 0 saturated carbocycles. The molecule has 1 N–H and O–H groups in total. The lowest BCUT2D eigenvalue weighted by Crippen LogP contribution is -2.31. The zero-order valence-corrected chi connectivity index (χ0v) is 20.1. The van der Waals surface area contributed by atoms with Crippen LogP contribution in [0.25, 0.3) is 0 Å².